The van der Waals surface area contributed by atoms with Gasteiger partial charge in [-0.15, -0.1) is 0 Å². The van der Waals surface area contributed by atoms with E-state index < -0.39 is 27.8 Å². The van der Waals surface area contributed by atoms with Crippen LogP contribution in [0.1, 0.15) is 31.4 Å². The first-order valence-corrected chi connectivity index (χ1v) is 11.6. The second-order valence-corrected chi connectivity index (χ2v) is 9.64. The standard InChI is InChI=1S/C22H26FNO4S/c1-3-17-7-9-21(10-8-17)28-16(2)22(25)24(20-11-12-29(26,27)15-20)14-18-5-4-6-19(23)13-18/h4-10,13,16,20H,3,11-12,14-15H2,1-2H3/t16-,20+/m1/s1. The third-order valence-corrected chi connectivity index (χ3v) is 6.92. The van der Waals surface area contributed by atoms with Crippen LogP contribution < -0.4 is 4.74 Å². The summed E-state index contributed by atoms with van der Waals surface area (Å²) in [6, 6.07) is 13.1. The first kappa shape index (κ1) is 21.3. The van der Waals surface area contributed by atoms with Crippen LogP contribution in [-0.4, -0.2) is 42.9 Å². The van der Waals surface area contributed by atoms with Crippen molar-refractivity contribution in [2.24, 2.45) is 0 Å². The lowest BCUT2D eigenvalue weighted by Crippen LogP contribution is -2.46. The highest BCUT2D eigenvalue weighted by atomic mass is 32.2. The van der Waals surface area contributed by atoms with Gasteiger partial charge in [-0.05, 0) is 55.2 Å². The zero-order chi connectivity index (χ0) is 21.0. The number of rotatable bonds is 7. The Morgan fingerprint density at radius 1 is 1.21 bits per heavy atom. The minimum Gasteiger partial charge on any atom is -0.481 e. The summed E-state index contributed by atoms with van der Waals surface area (Å²) in [4.78, 5) is 14.7. The third kappa shape index (κ3) is 5.56. The van der Waals surface area contributed by atoms with Gasteiger partial charge in [0.2, 0.25) is 0 Å². The lowest BCUT2D eigenvalue weighted by atomic mass is 10.1. The predicted octanol–water partition coefficient (Wildman–Crippen LogP) is 3.37. The molecule has 2 atom stereocenters. The van der Waals surface area contributed by atoms with Crippen molar-refractivity contribution >= 4 is 15.7 Å². The number of benzene rings is 2. The van der Waals surface area contributed by atoms with Crippen molar-refractivity contribution in [3.8, 4) is 5.75 Å². The maximum atomic E-state index is 13.6. The summed E-state index contributed by atoms with van der Waals surface area (Å²) in [5.41, 5.74) is 1.78. The van der Waals surface area contributed by atoms with E-state index in [9.17, 15) is 17.6 Å². The van der Waals surface area contributed by atoms with Crippen LogP contribution >= 0.6 is 0 Å². The van der Waals surface area contributed by atoms with Gasteiger partial charge < -0.3 is 9.64 Å². The molecule has 0 N–H and O–H groups in total. The van der Waals surface area contributed by atoms with Crippen molar-refractivity contribution < 1.29 is 22.3 Å². The Labute approximate surface area is 171 Å². The molecule has 3 rings (SSSR count). The Hall–Kier alpha value is -2.41. The van der Waals surface area contributed by atoms with Crippen molar-refractivity contribution in [1.29, 1.82) is 0 Å². The van der Waals surface area contributed by atoms with Crippen LogP contribution in [0.3, 0.4) is 0 Å². The van der Waals surface area contributed by atoms with Crippen LogP contribution in [0.2, 0.25) is 0 Å². The van der Waals surface area contributed by atoms with Gasteiger partial charge in [0.25, 0.3) is 5.91 Å². The van der Waals surface area contributed by atoms with Gasteiger partial charge in [0, 0.05) is 12.6 Å². The summed E-state index contributed by atoms with van der Waals surface area (Å²) >= 11 is 0. The van der Waals surface area contributed by atoms with E-state index in [0.29, 0.717) is 17.7 Å². The fourth-order valence-electron chi connectivity index (χ4n) is 3.53. The molecule has 1 saturated heterocycles. The highest BCUT2D eigenvalue weighted by molar-refractivity contribution is 7.91. The molecule has 5 nitrogen and oxygen atoms in total. The number of carbonyl (C=O) groups excluding carboxylic acids is 1. The molecule has 2 aromatic carbocycles. The van der Waals surface area contributed by atoms with E-state index in [-0.39, 0.29) is 24.0 Å². The van der Waals surface area contributed by atoms with E-state index in [2.05, 4.69) is 6.92 Å². The van der Waals surface area contributed by atoms with Crippen LogP contribution in [-0.2, 0) is 27.6 Å². The number of ether oxygens (including phenoxy) is 1. The lowest BCUT2D eigenvalue weighted by Gasteiger charge is -2.31. The largest absolute Gasteiger partial charge is 0.481 e. The first-order valence-electron chi connectivity index (χ1n) is 9.78. The fraction of sp³-hybridized carbons (Fsp3) is 0.409. The number of carbonyl (C=O) groups is 1. The molecule has 0 bridgehead atoms. The van der Waals surface area contributed by atoms with Gasteiger partial charge in [-0.1, -0.05) is 31.2 Å². The molecule has 0 spiro atoms. The molecule has 1 aliphatic rings. The monoisotopic (exact) mass is 419 g/mol. The zero-order valence-electron chi connectivity index (χ0n) is 16.7. The van der Waals surface area contributed by atoms with Gasteiger partial charge in [-0.2, -0.15) is 0 Å². The quantitative estimate of drug-likeness (QED) is 0.690. The van der Waals surface area contributed by atoms with Crippen molar-refractivity contribution in [3.63, 3.8) is 0 Å². The van der Waals surface area contributed by atoms with Crippen molar-refractivity contribution in [2.45, 2.75) is 45.4 Å². The Morgan fingerprint density at radius 2 is 1.93 bits per heavy atom. The molecular weight excluding hydrogens is 393 g/mol. The van der Waals surface area contributed by atoms with Gasteiger partial charge in [-0.25, -0.2) is 12.8 Å². The number of amides is 1. The summed E-state index contributed by atoms with van der Waals surface area (Å²) in [6.45, 7) is 3.85. The molecule has 156 valence electrons. The van der Waals surface area contributed by atoms with Crippen LogP contribution in [0.4, 0.5) is 4.39 Å². The molecule has 1 aliphatic heterocycles. The van der Waals surface area contributed by atoms with Gasteiger partial charge in [0.15, 0.2) is 15.9 Å². The molecule has 0 saturated carbocycles. The maximum absolute atomic E-state index is 13.6. The summed E-state index contributed by atoms with van der Waals surface area (Å²) in [6.07, 6.45) is 0.493. The molecule has 7 heteroatoms. The molecule has 2 aromatic rings. The molecule has 1 fully saturated rings. The summed E-state index contributed by atoms with van der Waals surface area (Å²) in [5.74, 6) is -0.150. The average Bonchev–Trinajstić information content (AvgIpc) is 3.05. The van der Waals surface area contributed by atoms with E-state index in [1.165, 1.54) is 22.6 Å². The summed E-state index contributed by atoms with van der Waals surface area (Å²) in [5, 5.41) is 0. The minimum absolute atomic E-state index is 0.0539. The van der Waals surface area contributed by atoms with Gasteiger partial charge in [-0.3, -0.25) is 4.79 Å². The van der Waals surface area contributed by atoms with E-state index >= 15 is 0 Å². The molecule has 29 heavy (non-hydrogen) atoms. The number of nitrogens with zero attached hydrogens (tertiary/aromatic N) is 1. The lowest BCUT2D eigenvalue weighted by molar-refractivity contribution is -0.140. The van der Waals surface area contributed by atoms with E-state index in [0.717, 1.165) is 6.42 Å². The molecular formula is C22H26FNO4S. The third-order valence-electron chi connectivity index (χ3n) is 5.17. The van der Waals surface area contributed by atoms with E-state index in [1.807, 2.05) is 24.3 Å². The number of hydrogen-bond acceptors (Lipinski definition) is 4. The summed E-state index contributed by atoms with van der Waals surface area (Å²) in [7, 11) is -3.18. The Bertz CT molecular complexity index is 959. The van der Waals surface area contributed by atoms with Crippen LogP contribution in [0.25, 0.3) is 0 Å². The predicted molar refractivity (Wildman–Crippen MR) is 110 cm³/mol. The number of aryl methyl sites for hydroxylation is 1. The first-order chi connectivity index (χ1) is 13.8. The number of sulfone groups is 1. The minimum atomic E-state index is -3.18. The van der Waals surface area contributed by atoms with Gasteiger partial charge in [0.05, 0.1) is 11.5 Å². The SMILES string of the molecule is CCc1ccc(O[C@H](C)C(=O)N(Cc2cccc(F)c2)[C@H]2CCS(=O)(=O)C2)cc1. The Morgan fingerprint density at radius 3 is 2.52 bits per heavy atom. The zero-order valence-corrected chi connectivity index (χ0v) is 17.5. The molecule has 0 aromatic heterocycles. The second kappa shape index (κ2) is 8.95. The summed E-state index contributed by atoms with van der Waals surface area (Å²) < 4.78 is 43.4. The fourth-order valence-corrected chi connectivity index (χ4v) is 5.26. The van der Waals surface area contributed by atoms with Crippen molar-refractivity contribution in [1.82, 2.24) is 4.90 Å². The highest BCUT2D eigenvalue weighted by Crippen LogP contribution is 2.23. The number of hydrogen-bond donors (Lipinski definition) is 0. The second-order valence-electron chi connectivity index (χ2n) is 7.41. The van der Waals surface area contributed by atoms with Crippen LogP contribution in [0.15, 0.2) is 48.5 Å². The van der Waals surface area contributed by atoms with Gasteiger partial charge in [0.1, 0.15) is 11.6 Å². The molecule has 0 radical (unpaired) electrons. The molecule has 1 heterocycles. The molecule has 0 unspecified atom stereocenters. The van der Waals surface area contributed by atoms with E-state index in [4.69, 9.17) is 4.74 Å². The van der Waals surface area contributed by atoms with Crippen molar-refractivity contribution in [2.75, 3.05) is 11.5 Å². The van der Waals surface area contributed by atoms with Crippen LogP contribution in [0.5, 0.6) is 5.75 Å². The smallest absolute Gasteiger partial charge is 0.263 e. The Balaban J connectivity index is 1.78. The van der Waals surface area contributed by atoms with Crippen molar-refractivity contribution in [3.05, 3.63) is 65.5 Å². The van der Waals surface area contributed by atoms with Crippen LogP contribution in [0, 0.1) is 5.82 Å². The van der Waals surface area contributed by atoms with Gasteiger partial charge >= 0.3 is 0 Å². The number of halogens is 1. The average molecular weight is 420 g/mol. The maximum Gasteiger partial charge on any atom is 0.263 e. The molecule has 1 amide bonds. The van der Waals surface area contributed by atoms with E-state index in [1.54, 1.807) is 19.1 Å². The normalized spacial score (nSPS) is 18.9. The topological polar surface area (TPSA) is 63.7 Å². The highest BCUT2D eigenvalue weighted by Gasteiger charge is 2.36. The Kier molecular flexibility index (Phi) is 6.57. The molecule has 0 aliphatic carbocycles.